The van der Waals surface area contributed by atoms with Crippen molar-refractivity contribution in [2.24, 2.45) is 0 Å². The molecular weight excluding hydrogens is 367 g/mol. The number of benzene rings is 2. The average molecular weight is 377 g/mol. The second-order valence-electron chi connectivity index (χ2n) is 4.28. The summed E-state index contributed by atoms with van der Waals surface area (Å²) < 4.78 is 46.0. The molecule has 0 radical (unpaired) electrons. The first-order valence-corrected chi connectivity index (χ1v) is 10.6. The highest BCUT2D eigenvalue weighted by atomic mass is 35.7. The molecule has 2 aromatic carbocycles. The quantitative estimate of drug-likeness (QED) is 0.602. The summed E-state index contributed by atoms with van der Waals surface area (Å²) in [4.78, 5) is -0.113. The highest BCUT2D eigenvalue weighted by Crippen LogP contribution is 2.24. The normalized spacial score (nSPS) is 12.6. The van der Waals surface area contributed by atoms with Gasteiger partial charge in [0.05, 0.1) is 9.79 Å². The predicted octanol–water partition coefficient (Wildman–Crippen LogP) is 3.71. The molecule has 0 aliphatic heterocycles. The maximum atomic E-state index is 11.5. The fourth-order valence-electron chi connectivity index (χ4n) is 1.86. The van der Waals surface area contributed by atoms with E-state index in [9.17, 15) is 16.8 Å². The van der Waals surface area contributed by atoms with Gasteiger partial charge in [-0.3, -0.25) is 0 Å². The smallest absolute Gasteiger partial charge is 0.207 e. The van der Waals surface area contributed by atoms with Crippen LogP contribution in [0.15, 0.2) is 58.3 Å². The zero-order valence-corrected chi connectivity index (χ0v) is 14.1. The van der Waals surface area contributed by atoms with Crippen molar-refractivity contribution in [2.45, 2.75) is 9.79 Å². The van der Waals surface area contributed by atoms with Gasteiger partial charge in [0, 0.05) is 21.4 Å². The van der Waals surface area contributed by atoms with Crippen molar-refractivity contribution in [2.75, 3.05) is 0 Å². The second-order valence-corrected chi connectivity index (χ2v) is 9.35. The monoisotopic (exact) mass is 376 g/mol. The van der Waals surface area contributed by atoms with Crippen LogP contribution in [0.5, 0.6) is 0 Å². The van der Waals surface area contributed by atoms with E-state index in [1.807, 2.05) is 0 Å². The third kappa shape index (κ3) is 4.10. The van der Waals surface area contributed by atoms with Crippen LogP contribution in [0.25, 0.3) is 12.2 Å². The van der Waals surface area contributed by atoms with Crippen molar-refractivity contribution in [3.63, 3.8) is 0 Å². The van der Waals surface area contributed by atoms with Crippen LogP contribution in [0.2, 0.25) is 0 Å². The van der Waals surface area contributed by atoms with Gasteiger partial charge in [-0.05, 0) is 23.3 Å². The first kappa shape index (κ1) is 17.0. The maximum Gasteiger partial charge on any atom is 0.261 e. The molecule has 0 unspecified atom stereocenters. The van der Waals surface area contributed by atoms with Gasteiger partial charge in [0.1, 0.15) is 0 Å². The van der Waals surface area contributed by atoms with E-state index in [-0.39, 0.29) is 9.79 Å². The SMILES string of the molecule is O=S(=O)(Cl)c1ccccc1/C=C/c1ccccc1S(=O)(=O)Cl. The van der Waals surface area contributed by atoms with Gasteiger partial charge in [0.2, 0.25) is 0 Å². The summed E-state index contributed by atoms with van der Waals surface area (Å²) in [5.74, 6) is 0. The number of halogens is 2. The molecule has 0 saturated heterocycles. The Labute approximate surface area is 137 Å². The van der Waals surface area contributed by atoms with Crippen molar-refractivity contribution < 1.29 is 16.8 Å². The standard InChI is InChI=1S/C14H10Cl2O4S2/c15-21(17,18)13-7-3-1-5-11(13)9-10-12-6-2-4-8-14(12)22(16,19)20/h1-10H/b10-9+. The molecule has 0 aromatic heterocycles. The number of hydrogen-bond acceptors (Lipinski definition) is 4. The third-order valence-electron chi connectivity index (χ3n) is 2.81. The molecule has 2 aromatic rings. The van der Waals surface area contributed by atoms with Gasteiger partial charge in [0.25, 0.3) is 18.1 Å². The fraction of sp³-hybridized carbons (Fsp3) is 0. The summed E-state index contributed by atoms with van der Waals surface area (Å²) in [5, 5.41) is 0. The van der Waals surface area contributed by atoms with Crippen LogP contribution < -0.4 is 0 Å². The van der Waals surface area contributed by atoms with Crippen molar-refractivity contribution in [3.8, 4) is 0 Å². The van der Waals surface area contributed by atoms with Gasteiger partial charge in [-0.1, -0.05) is 48.6 Å². The molecular formula is C14H10Cl2O4S2. The lowest BCUT2D eigenvalue weighted by Gasteiger charge is -2.03. The minimum Gasteiger partial charge on any atom is -0.207 e. The lowest BCUT2D eigenvalue weighted by Crippen LogP contribution is -1.95. The Morgan fingerprint density at radius 2 is 0.955 bits per heavy atom. The van der Waals surface area contributed by atoms with Gasteiger partial charge < -0.3 is 0 Å². The molecule has 0 spiro atoms. The minimum absolute atomic E-state index is 0.0564. The Kier molecular flexibility index (Phi) is 4.97. The van der Waals surface area contributed by atoms with Crippen molar-refractivity contribution in [3.05, 3.63) is 59.7 Å². The lowest BCUT2D eigenvalue weighted by atomic mass is 10.1. The van der Waals surface area contributed by atoms with E-state index in [0.717, 1.165) is 0 Å². The zero-order valence-electron chi connectivity index (χ0n) is 11.0. The van der Waals surface area contributed by atoms with E-state index in [4.69, 9.17) is 21.4 Å². The molecule has 2 rings (SSSR count). The molecule has 0 amide bonds. The van der Waals surface area contributed by atoms with Gasteiger partial charge >= 0.3 is 0 Å². The molecule has 0 heterocycles. The molecule has 0 aliphatic rings. The van der Waals surface area contributed by atoms with Crippen LogP contribution in [0.1, 0.15) is 11.1 Å². The molecule has 0 fully saturated rings. The highest BCUT2D eigenvalue weighted by Gasteiger charge is 2.15. The Hall–Kier alpha value is -1.34. The molecule has 0 bridgehead atoms. The summed E-state index contributed by atoms with van der Waals surface area (Å²) in [6, 6.07) is 12.2. The van der Waals surface area contributed by atoms with E-state index >= 15 is 0 Å². The van der Waals surface area contributed by atoms with E-state index in [1.165, 1.54) is 24.3 Å². The molecule has 116 valence electrons. The van der Waals surface area contributed by atoms with Gasteiger partial charge in [-0.25, -0.2) is 16.8 Å². The molecule has 4 nitrogen and oxygen atoms in total. The second kappa shape index (κ2) is 6.42. The number of rotatable bonds is 4. The molecule has 0 aliphatic carbocycles. The first-order valence-electron chi connectivity index (χ1n) is 5.95. The summed E-state index contributed by atoms with van der Waals surface area (Å²) in [7, 11) is 2.94. The summed E-state index contributed by atoms with van der Waals surface area (Å²) >= 11 is 0. The topological polar surface area (TPSA) is 68.3 Å². The van der Waals surface area contributed by atoms with Crippen LogP contribution in [-0.4, -0.2) is 16.8 Å². The zero-order chi connectivity index (χ0) is 16.4. The predicted molar refractivity (Wildman–Crippen MR) is 87.9 cm³/mol. The van der Waals surface area contributed by atoms with Gasteiger partial charge in [-0.2, -0.15) is 0 Å². The Bertz CT molecular complexity index is 855. The van der Waals surface area contributed by atoms with Crippen molar-refractivity contribution in [1.82, 2.24) is 0 Å². The Balaban J connectivity index is 2.53. The average Bonchev–Trinajstić information content (AvgIpc) is 2.44. The van der Waals surface area contributed by atoms with Crippen LogP contribution in [0.3, 0.4) is 0 Å². The van der Waals surface area contributed by atoms with Crippen LogP contribution in [0, 0.1) is 0 Å². The van der Waals surface area contributed by atoms with E-state index in [0.29, 0.717) is 11.1 Å². The lowest BCUT2D eigenvalue weighted by molar-refractivity contribution is 0.607. The van der Waals surface area contributed by atoms with E-state index < -0.39 is 18.1 Å². The largest absolute Gasteiger partial charge is 0.261 e. The minimum atomic E-state index is -3.90. The summed E-state index contributed by atoms with van der Waals surface area (Å²) in [5.41, 5.74) is 0.693. The van der Waals surface area contributed by atoms with E-state index in [1.54, 1.807) is 36.4 Å². The van der Waals surface area contributed by atoms with Crippen LogP contribution >= 0.6 is 21.4 Å². The van der Waals surface area contributed by atoms with E-state index in [2.05, 4.69) is 0 Å². The fourth-order valence-corrected chi connectivity index (χ4v) is 4.02. The molecule has 0 atom stereocenters. The van der Waals surface area contributed by atoms with Gasteiger partial charge in [0.15, 0.2) is 0 Å². The van der Waals surface area contributed by atoms with Crippen molar-refractivity contribution in [1.29, 1.82) is 0 Å². The third-order valence-corrected chi connectivity index (χ3v) is 5.60. The van der Waals surface area contributed by atoms with Crippen LogP contribution in [-0.2, 0) is 18.1 Å². The summed E-state index contributed by atoms with van der Waals surface area (Å²) in [6.07, 6.45) is 2.94. The molecule has 22 heavy (non-hydrogen) atoms. The van der Waals surface area contributed by atoms with Crippen molar-refractivity contribution >= 4 is 51.6 Å². The molecule has 0 saturated carbocycles. The summed E-state index contributed by atoms with van der Waals surface area (Å²) in [6.45, 7) is 0. The first-order chi connectivity index (χ1) is 10.2. The highest BCUT2D eigenvalue weighted by molar-refractivity contribution is 8.14. The maximum absolute atomic E-state index is 11.5. The Morgan fingerprint density at radius 1 is 0.636 bits per heavy atom. The Morgan fingerprint density at radius 3 is 1.27 bits per heavy atom. The number of hydrogen-bond donors (Lipinski definition) is 0. The molecule has 8 heteroatoms. The molecule has 0 N–H and O–H groups in total. The van der Waals surface area contributed by atoms with Crippen LogP contribution in [0.4, 0.5) is 0 Å². The van der Waals surface area contributed by atoms with Gasteiger partial charge in [-0.15, -0.1) is 0 Å².